The molecule has 72 valence electrons. The van der Waals surface area contributed by atoms with E-state index in [0.717, 1.165) is 6.42 Å². The molecule has 0 N–H and O–H groups in total. The molecule has 0 bridgehead atoms. The molecule has 0 aliphatic heterocycles. The van der Waals surface area contributed by atoms with E-state index >= 15 is 0 Å². The quantitative estimate of drug-likeness (QED) is 0.680. The van der Waals surface area contributed by atoms with Crippen LogP contribution in [0, 0.1) is 17.2 Å². The van der Waals surface area contributed by atoms with Crippen LogP contribution < -0.4 is 0 Å². The summed E-state index contributed by atoms with van der Waals surface area (Å²) in [6.45, 7) is 0. The van der Waals surface area contributed by atoms with Crippen LogP contribution in [0.25, 0.3) is 10.8 Å². The van der Waals surface area contributed by atoms with Crippen molar-refractivity contribution in [1.82, 2.24) is 0 Å². The van der Waals surface area contributed by atoms with Gasteiger partial charge in [0.05, 0.1) is 12.0 Å². The second-order valence-corrected chi connectivity index (χ2v) is 4.15. The topological polar surface area (TPSA) is 23.8 Å². The summed E-state index contributed by atoms with van der Waals surface area (Å²) in [5.41, 5.74) is 1.35. The maximum atomic E-state index is 8.86. The Kier molecular flexibility index (Phi) is 1.76. The van der Waals surface area contributed by atoms with Crippen LogP contribution in [-0.2, 0) is 0 Å². The average molecular weight is 193 g/mol. The van der Waals surface area contributed by atoms with Crippen molar-refractivity contribution in [3.8, 4) is 6.07 Å². The van der Waals surface area contributed by atoms with Gasteiger partial charge < -0.3 is 0 Å². The van der Waals surface area contributed by atoms with E-state index in [1.165, 1.54) is 16.3 Å². The van der Waals surface area contributed by atoms with Gasteiger partial charge in [0.1, 0.15) is 0 Å². The SMILES string of the molecule is N#C[C@@H]1C[C@H]1c1cccc2ccccc12. The number of hydrogen-bond acceptors (Lipinski definition) is 1. The predicted molar refractivity (Wildman–Crippen MR) is 60.4 cm³/mol. The van der Waals surface area contributed by atoms with Crippen LogP contribution in [0.4, 0.5) is 0 Å². The minimum Gasteiger partial charge on any atom is -0.198 e. The molecule has 2 atom stereocenters. The number of rotatable bonds is 1. The highest BCUT2D eigenvalue weighted by Gasteiger charge is 2.39. The Bertz CT molecular complexity index is 545. The minimum atomic E-state index is 0.246. The lowest BCUT2D eigenvalue weighted by molar-refractivity contribution is 1.03. The van der Waals surface area contributed by atoms with Crippen molar-refractivity contribution >= 4 is 10.8 Å². The van der Waals surface area contributed by atoms with Crippen molar-refractivity contribution in [3.63, 3.8) is 0 Å². The first-order valence-corrected chi connectivity index (χ1v) is 5.27. The van der Waals surface area contributed by atoms with Crippen molar-refractivity contribution in [2.24, 2.45) is 5.92 Å². The van der Waals surface area contributed by atoms with Crippen molar-refractivity contribution in [3.05, 3.63) is 48.0 Å². The zero-order chi connectivity index (χ0) is 10.3. The molecule has 2 aromatic carbocycles. The molecule has 0 heterocycles. The summed E-state index contributed by atoms with van der Waals surface area (Å²) in [6, 6.07) is 17.1. The van der Waals surface area contributed by atoms with E-state index in [2.05, 4.69) is 48.5 Å². The summed E-state index contributed by atoms with van der Waals surface area (Å²) in [6.07, 6.45) is 1.03. The molecule has 0 aromatic heterocycles. The smallest absolute Gasteiger partial charge is 0.0662 e. The first-order valence-electron chi connectivity index (χ1n) is 5.27. The van der Waals surface area contributed by atoms with E-state index < -0.39 is 0 Å². The molecule has 0 unspecified atom stereocenters. The highest BCUT2D eigenvalue weighted by molar-refractivity contribution is 5.86. The molecular weight excluding hydrogens is 182 g/mol. The summed E-state index contributed by atoms with van der Waals surface area (Å²) in [4.78, 5) is 0. The Labute approximate surface area is 89.0 Å². The maximum Gasteiger partial charge on any atom is 0.0662 e. The van der Waals surface area contributed by atoms with Gasteiger partial charge >= 0.3 is 0 Å². The summed E-state index contributed by atoms with van der Waals surface area (Å²) in [5.74, 6) is 0.719. The third kappa shape index (κ3) is 1.30. The van der Waals surface area contributed by atoms with Crippen LogP contribution in [0.1, 0.15) is 17.9 Å². The molecule has 0 amide bonds. The Morgan fingerprint density at radius 3 is 2.67 bits per heavy atom. The molecule has 1 aliphatic rings. The molecule has 1 nitrogen and oxygen atoms in total. The van der Waals surface area contributed by atoms with Gasteiger partial charge in [-0.3, -0.25) is 0 Å². The van der Waals surface area contributed by atoms with Gasteiger partial charge in [-0.2, -0.15) is 5.26 Å². The molecule has 3 rings (SSSR count). The Morgan fingerprint density at radius 1 is 1.07 bits per heavy atom. The monoisotopic (exact) mass is 193 g/mol. The number of benzene rings is 2. The average Bonchev–Trinajstić information content (AvgIpc) is 3.07. The van der Waals surface area contributed by atoms with Crippen LogP contribution in [0.15, 0.2) is 42.5 Å². The fraction of sp³-hybridized carbons (Fsp3) is 0.214. The fourth-order valence-corrected chi connectivity index (χ4v) is 2.26. The maximum absolute atomic E-state index is 8.86. The Morgan fingerprint density at radius 2 is 1.87 bits per heavy atom. The molecule has 1 aliphatic carbocycles. The van der Waals surface area contributed by atoms with Crippen molar-refractivity contribution < 1.29 is 0 Å². The Balaban J connectivity index is 2.16. The normalized spacial score (nSPS) is 23.7. The van der Waals surface area contributed by atoms with Crippen LogP contribution in [0.2, 0.25) is 0 Å². The van der Waals surface area contributed by atoms with E-state index in [0.29, 0.717) is 5.92 Å². The molecule has 1 heteroatoms. The molecule has 0 radical (unpaired) electrons. The Hall–Kier alpha value is -1.81. The number of nitriles is 1. The lowest BCUT2D eigenvalue weighted by Crippen LogP contribution is -1.84. The number of hydrogen-bond donors (Lipinski definition) is 0. The zero-order valence-electron chi connectivity index (χ0n) is 8.35. The van der Waals surface area contributed by atoms with Crippen LogP contribution in [0.5, 0.6) is 0 Å². The number of fused-ring (bicyclic) bond motifs is 1. The second kappa shape index (κ2) is 3.10. The van der Waals surface area contributed by atoms with E-state index in [9.17, 15) is 0 Å². The predicted octanol–water partition coefficient (Wildman–Crippen LogP) is 3.47. The minimum absolute atomic E-state index is 0.246. The van der Waals surface area contributed by atoms with Gasteiger partial charge in [0.2, 0.25) is 0 Å². The van der Waals surface area contributed by atoms with Crippen LogP contribution in [0.3, 0.4) is 0 Å². The van der Waals surface area contributed by atoms with E-state index in [1.807, 2.05) is 0 Å². The largest absolute Gasteiger partial charge is 0.198 e. The van der Waals surface area contributed by atoms with E-state index in [-0.39, 0.29) is 5.92 Å². The summed E-state index contributed by atoms with van der Waals surface area (Å²) < 4.78 is 0. The van der Waals surface area contributed by atoms with Crippen molar-refractivity contribution in [1.29, 1.82) is 5.26 Å². The van der Waals surface area contributed by atoms with Crippen LogP contribution >= 0.6 is 0 Å². The molecule has 1 saturated carbocycles. The highest BCUT2D eigenvalue weighted by Crippen LogP contribution is 2.48. The third-order valence-corrected chi connectivity index (χ3v) is 3.18. The van der Waals surface area contributed by atoms with Crippen molar-refractivity contribution in [2.75, 3.05) is 0 Å². The summed E-state index contributed by atoms with van der Waals surface area (Å²) >= 11 is 0. The summed E-state index contributed by atoms with van der Waals surface area (Å²) in [7, 11) is 0. The van der Waals surface area contributed by atoms with Crippen molar-refractivity contribution in [2.45, 2.75) is 12.3 Å². The lowest BCUT2D eigenvalue weighted by Gasteiger charge is -2.04. The molecule has 15 heavy (non-hydrogen) atoms. The van der Waals surface area contributed by atoms with E-state index in [4.69, 9.17) is 5.26 Å². The van der Waals surface area contributed by atoms with Gasteiger partial charge in [0.15, 0.2) is 0 Å². The lowest BCUT2D eigenvalue weighted by atomic mass is 10.0. The molecule has 2 aromatic rings. The van der Waals surface area contributed by atoms with Gasteiger partial charge in [0, 0.05) is 5.92 Å². The highest BCUT2D eigenvalue weighted by atomic mass is 14.4. The van der Waals surface area contributed by atoms with Gasteiger partial charge in [0.25, 0.3) is 0 Å². The number of nitrogens with zero attached hydrogens (tertiary/aromatic N) is 1. The van der Waals surface area contributed by atoms with E-state index in [1.54, 1.807) is 0 Å². The summed E-state index contributed by atoms with van der Waals surface area (Å²) in [5, 5.41) is 11.4. The molecular formula is C14H11N. The fourth-order valence-electron chi connectivity index (χ4n) is 2.26. The standard InChI is InChI=1S/C14H11N/c15-9-11-8-14(11)13-7-3-5-10-4-1-2-6-12(10)13/h1-7,11,14H,8H2/t11-,14+/m0/s1. The molecule has 0 saturated heterocycles. The molecule has 1 fully saturated rings. The van der Waals surface area contributed by atoms with Gasteiger partial charge in [-0.05, 0) is 22.8 Å². The van der Waals surface area contributed by atoms with Gasteiger partial charge in [-0.25, -0.2) is 0 Å². The third-order valence-electron chi connectivity index (χ3n) is 3.18. The molecule has 0 spiro atoms. The van der Waals surface area contributed by atoms with Crippen LogP contribution in [-0.4, -0.2) is 0 Å². The zero-order valence-corrected chi connectivity index (χ0v) is 8.35. The first kappa shape index (κ1) is 8.49. The first-order chi connectivity index (χ1) is 7.40. The second-order valence-electron chi connectivity index (χ2n) is 4.15. The van der Waals surface area contributed by atoms with Gasteiger partial charge in [-0.1, -0.05) is 42.5 Å². The van der Waals surface area contributed by atoms with Gasteiger partial charge in [-0.15, -0.1) is 0 Å².